The SMILES string of the molecule is CCOC(=O)C1=C(C)N=c2s/c(=C/c3cc([N+](=O)[O-])ccc3OC)c(=O)n2[C@H]1c1ccc2c(c1)OCO2. The molecule has 0 bridgehead atoms. The van der Waals surface area contributed by atoms with Gasteiger partial charge < -0.3 is 18.9 Å². The normalized spacial score (nSPS) is 16.3. The van der Waals surface area contributed by atoms with Crippen molar-refractivity contribution in [3.8, 4) is 17.2 Å². The summed E-state index contributed by atoms with van der Waals surface area (Å²) in [6.45, 7) is 3.62. The number of nitro groups is 1. The van der Waals surface area contributed by atoms with Gasteiger partial charge >= 0.3 is 5.97 Å². The van der Waals surface area contributed by atoms with Gasteiger partial charge in [0.15, 0.2) is 16.3 Å². The van der Waals surface area contributed by atoms with E-state index in [1.54, 1.807) is 32.0 Å². The van der Waals surface area contributed by atoms with Crippen molar-refractivity contribution in [1.29, 1.82) is 0 Å². The van der Waals surface area contributed by atoms with Crippen LogP contribution in [0.25, 0.3) is 6.08 Å². The topological polar surface area (TPSA) is 131 Å². The number of methoxy groups -OCH3 is 1. The highest BCUT2D eigenvalue weighted by atomic mass is 32.1. The van der Waals surface area contributed by atoms with E-state index < -0.39 is 22.5 Å². The van der Waals surface area contributed by atoms with Crippen LogP contribution in [-0.4, -0.2) is 36.0 Å². The molecule has 0 saturated carbocycles. The maximum Gasteiger partial charge on any atom is 0.338 e. The van der Waals surface area contributed by atoms with Crippen LogP contribution in [0.5, 0.6) is 17.2 Å². The fraction of sp³-hybridized carbons (Fsp3) is 0.240. The van der Waals surface area contributed by atoms with Crippen LogP contribution in [0.4, 0.5) is 5.69 Å². The Labute approximate surface area is 213 Å². The van der Waals surface area contributed by atoms with Gasteiger partial charge in [-0.3, -0.25) is 19.5 Å². The smallest absolute Gasteiger partial charge is 0.338 e. The van der Waals surface area contributed by atoms with Gasteiger partial charge in [-0.25, -0.2) is 9.79 Å². The summed E-state index contributed by atoms with van der Waals surface area (Å²) in [6, 6.07) is 8.51. The molecule has 0 unspecified atom stereocenters. The highest BCUT2D eigenvalue weighted by Crippen LogP contribution is 2.38. The molecule has 0 spiro atoms. The number of hydrogen-bond acceptors (Lipinski definition) is 10. The van der Waals surface area contributed by atoms with Crippen LogP contribution >= 0.6 is 11.3 Å². The van der Waals surface area contributed by atoms with Gasteiger partial charge in [0.25, 0.3) is 11.2 Å². The molecule has 3 heterocycles. The maximum absolute atomic E-state index is 13.8. The van der Waals surface area contributed by atoms with Crippen LogP contribution in [0, 0.1) is 10.1 Å². The second kappa shape index (κ2) is 9.54. The van der Waals surface area contributed by atoms with E-state index in [0.29, 0.717) is 38.9 Å². The lowest BCUT2D eigenvalue weighted by molar-refractivity contribution is -0.384. The van der Waals surface area contributed by atoms with Crippen molar-refractivity contribution in [2.24, 2.45) is 4.99 Å². The molecule has 12 heteroatoms. The van der Waals surface area contributed by atoms with E-state index in [1.807, 2.05) is 0 Å². The standard InChI is InChI=1S/C25H21N3O8S/c1-4-34-24(30)21-13(2)26-25-27(22(21)14-5-7-18-19(10-14)36-12-35-18)23(29)20(37-25)11-15-9-16(28(31)32)6-8-17(15)33-3/h5-11,22H,4,12H2,1-3H3/b20-11+/t22-/m0/s1. The Balaban J connectivity index is 1.73. The third-order valence-electron chi connectivity index (χ3n) is 5.94. The van der Waals surface area contributed by atoms with Crippen molar-refractivity contribution in [3.63, 3.8) is 0 Å². The molecular weight excluding hydrogens is 502 g/mol. The van der Waals surface area contributed by atoms with Crippen molar-refractivity contribution >= 4 is 29.1 Å². The van der Waals surface area contributed by atoms with E-state index in [4.69, 9.17) is 18.9 Å². The van der Waals surface area contributed by atoms with Gasteiger partial charge in [0, 0.05) is 17.7 Å². The van der Waals surface area contributed by atoms with Gasteiger partial charge in [-0.15, -0.1) is 0 Å². The average Bonchev–Trinajstić information content (AvgIpc) is 3.46. The first-order valence-corrected chi connectivity index (χ1v) is 12.1. The van der Waals surface area contributed by atoms with Gasteiger partial charge in [-0.05, 0) is 43.7 Å². The molecule has 1 aromatic heterocycles. The van der Waals surface area contributed by atoms with Crippen LogP contribution in [0.3, 0.4) is 0 Å². The zero-order valence-corrected chi connectivity index (χ0v) is 20.9. The molecule has 190 valence electrons. The predicted octanol–water partition coefficient (Wildman–Crippen LogP) is 2.44. The summed E-state index contributed by atoms with van der Waals surface area (Å²) in [4.78, 5) is 42.5. The van der Waals surface area contributed by atoms with E-state index in [-0.39, 0.29) is 29.2 Å². The number of rotatable bonds is 6. The number of non-ortho nitro benzene ring substituents is 1. The monoisotopic (exact) mass is 523 g/mol. The number of aromatic nitrogens is 1. The number of carbonyl (C=O) groups is 1. The summed E-state index contributed by atoms with van der Waals surface area (Å²) in [5.41, 5.74) is 1.06. The molecule has 3 aromatic rings. The summed E-state index contributed by atoms with van der Waals surface area (Å²) >= 11 is 1.11. The molecule has 5 rings (SSSR count). The number of nitro benzene ring substituents is 1. The minimum Gasteiger partial charge on any atom is -0.496 e. The summed E-state index contributed by atoms with van der Waals surface area (Å²) < 4.78 is 23.3. The summed E-state index contributed by atoms with van der Waals surface area (Å²) in [6.07, 6.45) is 1.52. The molecule has 2 aromatic carbocycles. The number of nitrogens with zero attached hydrogens (tertiary/aromatic N) is 3. The Morgan fingerprint density at radius 2 is 2.05 bits per heavy atom. The fourth-order valence-corrected chi connectivity index (χ4v) is 5.32. The lowest BCUT2D eigenvalue weighted by Gasteiger charge is -2.24. The third-order valence-corrected chi connectivity index (χ3v) is 6.92. The Bertz CT molecular complexity index is 1650. The number of benzene rings is 2. The van der Waals surface area contributed by atoms with Gasteiger partial charge in [0.05, 0.1) is 40.5 Å². The number of allylic oxidation sites excluding steroid dienone is 1. The van der Waals surface area contributed by atoms with Crippen molar-refractivity contribution in [3.05, 3.63) is 88.6 Å². The summed E-state index contributed by atoms with van der Waals surface area (Å²) in [5, 5.41) is 11.3. The number of esters is 1. The molecule has 1 atom stereocenters. The van der Waals surface area contributed by atoms with Crippen LogP contribution in [0.15, 0.2) is 57.5 Å². The maximum atomic E-state index is 13.8. The van der Waals surface area contributed by atoms with Gasteiger partial charge in [-0.1, -0.05) is 17.4 Å². The molecule has 0 N–H and O–H groups in total. The first-order valence-electron chi connectivity index (χ1n) is 11.2. The van der Waals surface area contributed by atoms with Crippen molar-refractivity contribution in [2.45, 2.75) is 19.9 Å². The lowest BCUT2D eigenvalue weighted by Crippen LogP contribution is -2.39. The highest BCUT2D eigenvalue weighted by molar-refractivity contribution is 7.07. The molecule has 2 aliphatic rings. The van der Waals surface area contributed by atoms with Crippen molar-refractivity contribution < 1.29 is 28.7 Å². The Morgan fingerprint density at radius 1 is 1.27 bits per heavy atom. The third kappa shape index (κ3) is 4.25. The molecule has 0 radical (unpaired) electrons. The zero-order chi connectivity index (χ0) is 26.3. The zero-order valence-electron chi connectivity index (χ0n) is 20.0. The highest BCUT2D eigenvalue weighted by Gasteiger charge is 2.34. The van der Waals surface area contributed by atoms with E-state index in [1.165, 1.54) is 36.0 Å². The van der Waals surface area contributed by atoms with Crippen LogP contribution in [0.1, 0.15) is 31.0 Å². The molecule has 2 aliphatic heterocycles. The van der Waals surface area contributed by atoms with E-state index in [2.05, 4.69) is 4.99 Å². The Morgan fingerprint density at radius 3 is 2.78 bits per heavy atom. The van der Waals surface area contributed by atoms with Crippen LogP contribution in [0.2, 0.25) is 0 Å². The van der Waals surface area contributed by atoms with Gasteiger partial charge in [0.2, 0.25) is 6.79 Å². The van der Waals surface area contributed by atoms with E-state index in [9.17, 15) is 19.7 Å². The number of hydrogen-bond donors (Lipinski definition) is 0. The largest absolute Gasteiger partial charge is 0.496 e. The number of thiazole rings is 1. The Hall–Kier alpha value is -4.45. The number of fused-ring (bicyclic) bond motifs is 2. The van der Waals surface area contributed by atoms with Crippen LogP contribution < -0.4 is 29.1 Å². The molecule has 0 aliphatic carbocycles. The first-order chi connectivity index (χ1) is 17.8. The van der Waals surface area contributed by atoms with E-state index >= 15 is 0 Å². The second-order valence-electron chi connectivity index (χ2n) is 8.10. The fourth-order valence-electron chi connectivity index (χ4n) is 4.28. The summed E-state index contributed by atoms with van der Waals surface area (Å²) in [7, 11) is 1.44. The van der Waals surface area contributed by atoms with Crippen LogP contribution in [-0.2, 0) is 9.53 Å². The number of carbonyl (C=O) groups excluding carboxylic acids is 1. The predicted molar refractivity (Wildman–Crippen MR) is 133 cm³/mol. The van der Waals surface area contributed by atoms with Gasteiger partial charge in [0.1, 0.15) is 5.75 Å². The average molecular weight is 524 g/mol. The summed E-state index contributed by atoms with van der Waals surface area (Å²) in [5.74, 6) is 0.847. The molecule has 0 amide bonds. The number of ether oxygens (including phenoxy) is 4. The van der Waals surface area contributed by atoms with Crippen molar-refractivity contribution in [2.75, 3.05) is 20.5 Å². The molecule has 11 nitrogen and oxygen atoms in total. The quantitative estimate of drug-likeness (QED) is 0.274. The minimum absolute atomic E-state index is 0.0756. The molecular formula is C25H21N3O8S. The molecule has 0 saturated heterocycles. The minimum atomic E-state index is -0.834. The van der Waals surface area contributed by atoms with Gasteiger partial charge in [-0.2, -0.15) is 0 Å². The van der Waals surface area contributed by atoms with Crippen molar-refractivity contribution in [1.82, 2.24) is 4.57 Å². The molecule has 37 heavy (non-hydrogen) atoms. The lowest BCUT2D eigenvalue weighted by atomic mass is 9.95. The molecule has 0 fully saturated rings. The first kappa shape index (κ1) is 24.3. The Kier molecular flexibility index (Phi) is 6.25. The van der Waals surface area contributed by atoms with E-state index in [0.717, 1.165) is 11.3 Å². The second-order valence-corrected chi connectivity index (χ2v) is 9.11.